The molecule has 0 fully saturated rings. The highest BCUT2D eigenvalue weighted by Gasteiger charge is 2.24. The Morgan fingerprint density at radius 3 is 2.63 bits per heavy atom. The second-order valence-corrected chi connectivity index (χ2v) is 7.14. The van der Waals surface area contributed by atoms with E-state index in [0.29, 0.717) is 22.0 Å². The van der Waals surface area contributed by atoms with Crippen molar-refractivity contribution in [2.75, 3.05) is 13.2 Å². The van der Waals surface area contributed by atoms with Gasteiger partial charge in [0.15, 0.2) is 0 Å². The minimum absolute atomic E-state index is 0.215. The third kappa shape index (κ3) is 6.91. The Hall–Kier alpha value is -3.36. The Labute approximate surface area is 177 Å². The van der Waals surface area contributed by atoms with Crippen LogP contribution >= 0.6 is 11.3 Å². The van der Waals surface area contributed by atoms with Gasteiger partial charge in [-0.15, -0.1) is 10.2 Å². The van der Waals surface area contributed by atoms with Gasteiger partial charge < -0.3 is 20.5 Å². The molecule has 10 nitrogen and oxygen atoms in total. The highest BCUT2D eigenvalue weighted by molar-refractivity contribution is 7.14. The minimum atomic E-state index is -1.20. The van der Waals surface area contributed by atoms with Crippen molar-refractivity contribution in [3.8, 4) is 16.6 Å². The lowest BCUT2D eigenvalue weighted by molar-refractivity contribution is -0.160. The lowest BCUT2D eigenvalue weighted by Gasteiger charge is -2.14. The molecule has 0 saturated carbocycles. The Kier molecular flexibility index (Phi) is 8.86. The number of hydrogen-bond donors (Lipinski definition) is 2. The summed E-state index contributed by atoms with van der Waals surface area (Å²) in [4.78, 5) is 35.7. The van der Waals surface area contributed by atoms with Crippen molar-refractivity contribution in [1.29, 1.82) is 5.26 Å². The molecule has 30 heavy (non-hydrogen) atoms. The molecule has 1 aromatic carbocycles. The predicted octanol–water partition coefficient (Wildman–Crippen LogP) is 1.54. The molecule has 0 radical (unpaired) electrons. The maximum atomic E-state index is 12.1. The van der Waals surface area contributed by atoms with Gasteiger partial charge in [-0.05, 0) is 18.6 Å². The van der Waals surface area contributed by atoms with Crippen LogP contribution < -0.4 is 11.1 Å². The number of nitriles is 1. The molecule has 0 bridgehead atoms. The summed E-state index contributed by atoms with van der Waals surface area (Å²) in [6.07, 6.45) is 0.468. The smallest absolute Gasteiger partial charge is 0.407 e. The second-order valence-electron chi connectivity index (χ2n) is 6.08. The number of esters is 2. The number of benzene rings is 1. The van der Waals surface area contributed by atoms with Crippen LogP contribution in [0.5, 0.6) is 0 Å². The molecule has 1 atom stereocenters. The van der Waals surface area contributed by atoms with Crippen molar-refractivity contribution in [3.05, 3.63) is 34.8 Å². The summed E-state index contributed by atoms with van der Waals surface area (Å²) in [5.74, 6) is -1.83. The maximum Gasteiger partial charge on any atom is 0.407 e. The first-order valence-corrected chi connectivity index (χ1v) is 9.99. The van der Waals surface area contributed by atoms with Gasteiger partial charge in [0.05, 0.1) is 18.2 Å². The fourth-order valence-electron chi connectivity index (χ4n) is 2.18. The van der Waals surface area contributed by atoms with E-state index in [2.05, 4.69) is 15.5 Å². The molecule has 1 heterocycles. The highest BCUT2D eigenvalue weighted by Crippen LogP contribution is 2.24. The van der Waals surface area contributed by atoms with E-state index < -0.39 is 24.1 Å². The van der Waals surface area contributed by atoms with Crippen molar-refractivity contribution in [3.63, 3.8) is 0 Å². The van der Waals surface area contributed by atoms with Gasteiger partial charge in [0.25, 0.3) is 0 Å². The Morgan fingerprint density at radius 2 is 2.00 bits per heavy atom. The number of carbonyl (C=O) groups excluding carboxylic acids is 3. The Bertz CT molecular complexity index is 922. The number of nitrogens with zero attached hydrogens (tertiary/aromatic N) is 3. The number of carbonyl (C=O) groups is 3. The molecule has 11 heteroatoms. The second kappa shape index (κ2) is 11.6. The monoisotopic (exact) mass is 431 g/mol. The Morgan fingerprint density at radius 1 is 1.27 bits per heavy atom. The third-order valence-electron chi connectivity index (χ3n) is 3.78. The van der Waals surface area contributed by atoms with E-state index in [0.717, 1.165) is 23.3 Å². The first kappa shape index (κ1) is 22.9. The van der Waals surface area contributed by atoms with Crippen LogP contribution in [0.3, 0.4) is 0 Å². The highest BCUT2D eigenvalue weighted by atomic mass is 32.1. The average molecular weight is 431 g/mol. The van der Waals surface area contributed by atoms with E-state index in [1.54, 1.807) is 24.3 Å². The van der Waals surface area contributed by atoms with Gasteiger partial charge in [0.2, 0.25) is 0 Å². The van der Waals surface area contributed by atoms with E-state index in [9.17, 15) is 14.4 Å². The largest absolute Gasteiger partial charge is 0.450 e. The quantitative estimate of drug-likeness (QED) is 0.341. The van der Waals surface area contributed by atoms with E-state index in [1.807, 2.05) is 13.0 Å². The van der Waals surface area contributed by atoms with Gasteiger partial charge in [0, 0.05) is 12.1 Å². The molecule has 0 saturated heterocycles. The van der Waals surface area contributed by atoms with Crippen LogP contribution in [-0.4, -0.2) is 47.4 Å². The lowest BCUT2D eigenvalue weighted by Crippen LogP contribution is -2.47. The first-order chi connectivity index (χ1) is 14.5. The van der Waals surface area contributed by atoms with E-state index in [1.165, 1.54) is 0 Å². The Balaban J connectivity index is 1.88. The van der Waals surface area contributed by atoms with Crippen LogP contribution in [0.4, 0.5) is 4.79 Å². The van der Waals surface area contributed by atoms with E-state index in [4.69, 9.17) is 20.5 Å². The number of unbranched alkanes of at least 4 members (excludes halogenated alkanes) is 1. The van der Waals surface area contributed by atoms with Crippen molar-refractivity contribution >= 4 is 29.4 Å². The molecular weight excluding hydrogens is 410 g/mol. The number of aromatic nitrogens is 2. The van der Waals surface area contributed by atoms with Crippen molar-refractivity contribution in [2.24, 2.45) is 5.73 Å². The molecule has 1 aromatic heterocycles. The number of nitrogens with two attached hydrogens (primary N) is 1. The molecule has 0 aliphatic heterocycles. The van der Waals surface area contributed by atoms with Crippen molar-refractivity contribution < 1.29 is 23.9 Å². The van der Waals surface area contributed by atoms with Gasteiger partial charge in [-0.25, -0.2) is 9.59 Å². The molecule has 158 valence electrons. The minimum Gasteiger partial charge on any atom is -0.450 e. The number of hydrogen-bond acceptors (Lipinski definition) is 10. The summed E-state index contributed by atoms with van der Waals surface area (Å²) in [6, 6.07) is 7.57. The molecule has 0 aliphatic rings. The number of ether oxygens (including phenoxy) is 2. The fraction of sp³-hybridized carbons (Fsp3) is 0.368. The third-order valence-corrected chi connectivity index (χ3v) is 4.75. The zero-order valence-electron chi connectivity index (χ0n) is 16.3. The van der Waals surface area contributed by atoms with Gasteiger partial charge in [-0.1, -0.05) is 36.8 Å². The number of amides is 1. The topological polar surface area (TPSA) is 157 Å². The molecule has 0 spiro atoms. The van der Waals surface area contributed by atoms with Crippen LogP contribution in [0.2, 0.25) is 0 Å². The summed E-state index contributed by atoms with van der Waals surface area (Å²) in [6.45, 7) is 1.90. The van der Waals surface area contributed by atoms with Crippen molar-refractivity contribution in [2.45, 2.75) is 32.2 Å². The molecule has 0 aliphatic carbocycles. The van der Waals surface area contributed by atoms with Crippen LogP contribution in [0.1, 0.15) is 30.3 Å². The number of rotatable bonds is 9. The summed E-state index contributed by atoms with van der Waals surface area (Å²) in [5.41, 5.74) is 6.73. The van der Waals surface area contributed by atoms with Crippen LogP contribution in [-0.2, 0) is 25.5 Å². The summed E-state index contributed by atoms with van der Waals surface area (Å²) in [5, 5.41) is 19.9. The fourth-order valence-corrected chi connectivity index (χ4v) is 3.01. The number of nitrogens with one attached hydrogen (secondary N) is 1. The normalized spacial score (nSPS) is 11.2. The predicted molar refractivity (Wildman–Crippen MR) is 107 cm³/mol. The van der Waals surface area contributed by atoms with Gasteiger partial charge >= 0.3 is 18.0 Å². The first-order valence-electron chi connectivity index (χ1n) is 9.17. The van der Waals surface area contributed by atoms with Gasteiger partial charge in [-0.3, -0.25) is 4.79 Å². The van der Waals surface area contributed by atoms with Crippen molar-refractivity contribution in [1.82, 2.24) is 15.5 Å². The molecule has 3 N–H and O–H groups in total. The molecule has 1 amide bonds. The molecule has 1 unspecified atom stereocenters. The van der Waals surface area contributed by atoms with Gasteiger partial charge in [-0.2, -0.15) is 5.26 Å². The maximum absolute atomic E-state index is 12.1. The SMILES string of the molecule is CCCCOC(=O)NC(CN)C(=O)OC(=O)Cc1nnc(-c2ccc(C#N)cc2)s1. The lowest BCUT2D eigenvalue weighted by atomic mass is 10.2. The zero-order chi connectivity index (χ0) is 21.9. The van der Waals surface area contributed by atoms with Crippen LogP contribution in [0, 0.1) is 11.3 Å². The molecular formula is C19H21N5O5S. The number of alkyl carbamates (subject to hydrolysis) is 1. The summed E-state index contributed by atoms with van der Waals surface area (Å²) in [7, 11) is 0. The van der Waals surface area contributed by atoms with Gasteiger partial charge in [0.1, 0.15) is 22.5 Å². The average Bonchev–Trinajstić information content (AvgIpc) is 3.20. The summed E-state index contributed by atoms with van der Waals surface area (Å²) >= 11 is 1.16. The summed E-state index contributed by atoms with van der Waals surface area (Å²) < 4.78 is 9.65. The standard InChI is InChI=1S/C19H21N5O5S/c1-2-3-8-28-19(27)22-14(11-21)18(26)29-16(25)9-15-23-24-17(30-15)13-6-4-12(10-20)5-7-13/h4-7,14H,2-3,8-9,11,21H2,1H3,(H,22,27). The van der Waals surface area contributed by atoms with Crippen LogP contribution in [0.25, 0.3) is 10.6 Å². The van der Waals surface area contributed by atoms with E-state index >= 15 is 0 Å². The molecule has 2 rings (SSSR count). The van der Waals surface area contributed by atoms with E-state index in [-0.39, 0.29) is 19.6 Å². The van der Waals surface area contributed by atoms with Crippen LogP contribution in [0.15, 0.2) is 24.3 Å². The molecule has 2 aromatic rings. The zero-order valence-corrected chi connectivity index (χ0v) is 17.1.